The van der Waals surface area contributed by atoms with Crippen LogP contribution in [0.4, 0.5) is 0 Å². The maximum atomic E-state index is 12.9. The smallest absolute Gasteiger partial charge is 0.305 e. The first-order chi connectivity index (χ1) is 9.59. The molecule has 6 nitrogen and oxygen atoms in total. The molecule has 0 radical (unpaired) electrons. The van der Waals surface area contributed by atoms with Gasteiger partial charge in [0.25, 0.3) is 0 Å². The van der Waals surface area contributed by atoms with Crippen molar-refractivity contribution >= 4 is 11.9 Å². The molecule has 2 rings (SSSR count). The maximum Gasteiger partial charge on any atom is 0.305 e. The van der Waals surface area contributed by atoms with Crippen molar-refractivity contribution in [2.45, 2.75) is 50.6 Å². The average Bonchev–Trinajstić information content (AvgIpc) is 2.88. The molecule has 1 amide bonds. The SMILES string of the molecule is CCCC1(C(=O)N2CCOCC2CC(=O)O)CCCN1. The van der Waals surface area contributed by atoms with E-state index in [2.05, 4.69) is 12.2 Å². The summed E-state index contributed by atoms with van der Waals surface area (Å²) in [5.74, 6) is -0.825. The van der Waals surface area contributed by atoms with Crippen molar-refractivity contribution in [2.75, 3.05) is 26.3 Å². The molecule has 2 atom stereocenters. The predicted octanol–water partition coefficient (Wildman–Crippen LogP) is 0.611. The molecule has 2 fully saturated rings. The molecule has 2 N–H and O–H groups in total. The third-order valence-electron chi connectivity index (χ3n) is 4.23. The van der Waals surface area contributed by atoms with Gasteiger partial charge in [-0.05, 0) is 25.8 Å². The molecular weight excluding hydrogens is 260 g/mol. The molecule has 2 heterocycles. The lowest BCUT2D eigenvalue weighted by molar-refractivity contribution is -0.151. The summed E-state index contributed by atoms with van der Waals surface area (Å²) in [5, 5.41) is 12.4. The number of morpholine rings is 1. The van der Waals surface area contributed by atoms with E-state index in [1.807, 2.05) is 0 Å². The van der Waals surface area contributed by atoms with Gasteiger partial charge < -0.3 is 20.1 Å². The van der Waals surface area contributed by atoms with Gasteiger partial charge in [-0.25, -0.2) is 0 Å². The van der Waals surface area contributed by atoms with Crippen LogP contribution >= 0.6 is 0 Å². The van der Waals surface area contributed by atoms with Crippen molar-refractivity contribution in [2.24, 2.45) is 0 Å². The maximum absolute atomic E-state index is 12.9. The molecule has 0 aliphatic carbocycles. The van der Waals surface area contributed by atoms with Crippen LogP contribution < -0.4 is 5.32 Å². The van der Waals surface area contributed by atoms with Gasteiger partial charge in [0.2, 0.25) is 5.91 Å². The highest BCUT2D eigenvalue weighted by molar-refractivity contribution is 5.87. The summed E-state index contributed by atoms with van der Waals surface area (Å²) in [6, 6.07) is -0.343. The Morgan fingerprint density at radius 1 is 1.50 bits per heavy atom. The van der Waals surface area contributed by atoms with E-state index in [-0.39, 0.29) is 18.4 Å². The number of nitrogens with zero attached hydrogens (tertiary/aromatic N) is 1. The summed E-state index contributed by atoms with van der Waals surface area (Å²) in [4.78, 5) is 25.6. The second kappa shape index (κ2) is 6.54. The van der Waals surface area contributed by atoms with E-state index >= 15 is 0 Å². The number of carboxylic acids is 1. The normalized spacial score (nSPS) is 30.4. The number of hydrogen-bond acceptors (Lipinski definition) is 4. The van der Waals surface area contributed by atoms with Crippen molar-refractivity contribution < 1.29 is 19.4 Å². The fraction of sp³-hybridized carbons (Fsp3) is 0.857. The third kappa shape index (κ3) is 3.12. The van der Waals surface area contributed by atoms with Gasteiger partial charge in [-0.2, -0.15) is 0 Å². The zero-order chi connectivity index (χ0) is 14.6. The summed E-state index contributed by atoms with van der Waals surface area (Å²) in [7, 11) is 0. The standard InChI is InChI=1S/C14H24N2O4/c1-2-4-14(5-3-6-15-14)13(19)16-7-8-20-10-11(16)9-12(17)18/h11,15H,2-10H2,1H3,(H,17,18). The lowest BCUT2D eigenvalue weighted by atomic mass is 9.89. The number of ether oxygens (including phenoxy) is 1. The Morgan fingerprint density at radius 3 is 2.90 bits per heavy atom. The minimum Gasteiger partial charge on any atom is -0.481 e. The number of carbonyl (C=O) groups is 2. The summed E-state index contributed by atoms with van der Waals surface area (Å²) >= 11 is 0. The van der Waals surface area contributed by atoms with Crippen LogP contribution in [0.3, 0.4) is 0 Å². The van der Waals surface area contributed by atoms with E-state index in [1.54, 1.807) is 4.90 Å². The van der Waals surface area contributed by atoms with Crippen LogP contribution in [0.5, 0.6) is 0 Å². The summed E-state index contributed by atoms with van der Waals surface area (Å²) in [6.45, 7) is 4.23. The topological polar surface area (TPSA) is 78.9 Å². The number of carboxylic acid groups (broad SMARTS) is 1. The number of aliphatic carboxylic acids is 1. The lowest BCUT2D eigenvalue weighted by Crippen LogP contribution is -2.60. The molecule has 2 saturated heterocycles. The van der Waals surface area contributed by atoms with Crippen molar-refractivity contribution in [1.29, 1.82) is 0 Å². The Morgan fingerprint density at radius 2 is 2.30 bits per heavy atom. The molecule has 2 aliphatic rings. The van der Waals surface area contributed by atoms with Crippen LogP contribution in [-0.4, -0.2) is 59.8 Å². The predicted molar refractivity (Wildman–Crippen MR) is 73.4 cm³/mol. The van der Waals surface area contributed by atoms with E-state index in [0.29, 0.717) is 19.8 Å². The first kappa shape index (κ1) is 15.3. The van der Waals surface area contributed by atoms with Crippen LogP contribution in [0.25, 0.3) is 0 Å². The molecule has 6 heteroatoms. The van der Waals surface area contributed by atoms with Gasteiger partial charge in [-0.1, -0.05) is 13.3 Å². The number of nitrogens with one attached hydrogen (secondary N) is 1. The Bertz CT molecular complexity index is 366. The Kier molecular flexibility index (Phi) is 4.99. The number of hydrogen-bond donors (Lipinski definition) is 2. The highest BCUT2D eigenvalue weighted by atomic mass is 16.5. The van der Waals surface area contributed by atoms with Crippen molar-refractivity contribution in [1.82, 2.24) is 10.2 Å². The first-order valence-electron chi connectivity index (χ1n) is 7.45. The molecule has 114 valence electrons. The van der Waals surface area contributed by atoms with Gasteiger partial charge in [-0.15, -0.1) is 0 Å². The molecule has 20 heavy (non-hydrogen) atoms. The fourth-order valence-corrected chi connectivity index (χ4v) is 3.30. The zero-order valence-electron chi connectivity index (χ0n) is 12.1. The molecule has 0 aromatic carbocycles. The quantitative estimate of drug-likeness (QED) is 0.773. The Balaban J connectivity index is 2.13. The average molecular weight is 284 g/mol. The van der Waals surface area contributed by atoms with Crippen LogP contribution in [0.2, 0.25) is 0 Å². The molecule has 0 aromatic rings. The zero-order valence-corrected chi connectivity index (χ0v) is 12.1. The van der Waals surface area contributed by atoms with E-state index in [0.717, 1.165) is 32.2 Å². The number of rotatable bonds is 5. The summed E-state index contributed by atoms with van der Waals surface area (Å²) < 4.78 is 5.34. The minimum atomic E-state index is -0.887. The van der Waals surface area contributed by atoms with Gasteiger partial charge in [0.1, 0.15) is 0 Å². The summed E-state index contributed by atoms with van der Waals surface area (Å²) in [5.41, 5.74) is -0.483. The molecule has 0 aromatic heterocycles. The van der Waals surface area contributed by atoms with Gasteiger partial charge >= 0.3 is 5.97 Å². The summed E-state index contributed by atoms with van der Waals surface area (Å²) in [6.07, 6.45) is 3.54. The Labute approximate surface area is 119 Å². The highest BCUT2D eigenvalue weighted by Crippen LogP contribution is 2.29. The molecule has 2 unspecified atom stereocenters. The molecule has 0 saturated carbocycles. The minimum absolute atomic E-state index is 0.0477. The fourth-order valence-electron chi connectivity index (χ4n) is 3.30. The molecule has 2 aliphatic heterocycles. The van der Waals surface area contributed by atoms with E-state index in [1.165, 1.54) is 0 Å². The van der Waals surface area contributed by atoms with E-state index in [4.69, 9.17) is 9.84 Å². The van der Waals surface area contributed by atoms with Crippen LogP contribution in [-0.2, 0) is 14.3 Å². The second-order valence-electron chi connectivity index (χ2n) is 5.69. The van der Waals surface area contributed by atoms with Crippen LogP contribution in [0.1, 0.15) is 39.0 Å². The molecule has 0 bridgehead atoms. The van der Waals surface area contributed by atoms with Crippen LogP contribution in [0, 0.1) is 0 Å². The number of carbonyl (C=O) groups excluding carboxylic acids is 1. The Hall–Kier alpha value is -1.14. The van der Waals surface area contributed by atoms with E-state index in [9.17, 15) is 9.59 Å². The van der Waals surface area contributed by atoms with Gasteiger partial charge in [-0.3, -0.25) is 9.59 Å². The number of amides is 1. The van der Waals surface area contributed by atoms with Crippen molar-refractivity contribution in [3.63, 3.8) is 0 Å². The van der Waals surface area contributed by atoms with E-state index < -0.39 is 11.5 Å². The first-order valence-corrected chi connectivity index (χ1v) is 7.45. The van der Waals surface area contributed by atoms with Crippen LogP contribution in [0.15, 0.2) is 0 Å². The van der Waals surface area contributed by atoms with Crippen molar-refractivity contribution in [3.8, 4) is 0 Å². The van der Waals surface area contributed by atoms with Gasteiger partial charge in [0.15, 0.2) is 0 Å². The molecule has 0 spiro atoms. The molecular formula is C14H24N2O4. The van der Waals surface area contributed by atoms with Gasteiger partial charge in [0, 0.05) is 6.54 Å². The third-order valence-corrected chi connectivity index (χ3v) is 4.23. The largest absolute Gasteiger partial charge is 0.481 e. The van der Waals surface area contributed by atoms with Gasteiger partial charge in [0.05, 0.1) is 31.2 Å². The monoisotopic (exact) mass is 284 g/mol. The lowest BCUT2D eigenvalue weighted by Gasteiger charge is -2.41. The highest BCUT2D eigenvalue weighted by Gasteiger charge is 2.45. The van der Waals surface area contributed by atoms with Crippen molar-refractivity contribution in [3.05, 3.63) is 0 Å². The second-order valence-corrected chi connectivity index (χ2v) is 5.69.